The number of amides is 2. The van der Waals surface area contributed by atoms with Crippen molar-refractivity contribution in [1.29, 1.82) is 0 Å². The second-order valence-electron chi connectivity index (χ2n) is 6.84. The number of carbonyl (C=O) groups is 2. The summed E-state index contributed by atoms with van der Waals surface area (Å²) in [6, 6.07) is 26.1. The van der Waals surface area contributed by atoms with Crippen LogP contribution in [-0.4, -0.2) is 25.9 Å². The Balaban J connectivity index is 1.84. The molecule has 0 spiro atoms. The van der Waals surface area contributed by atoms with Gasteiger partial charge in [-0.1, -0.05) is 60.7 Å². The molecule has 1 heterocycles. The lowest BCUT2D eigenvalue weighted by molar-refractivity contribution is -0.119. The summed E-state index contributed by atoms with van der Waals surface area (Å²) in [5, 5.41) is 0. The van der Waals surface area contributed by atoms with Gasteiger partial charge in [0.15, 0.2) is 0 Å². The van der Waals surface area contributed by atoms with Crippen LogP contribution in [0.25, 0.3) is 11.1 Å². The molecule has 3 aromatic carbocycles. The summed E-state index contributed by atoms with van der Waals surface area (Å²) in [7, 11) is 3.90. The van der Waals surface area contributed by atoms with Crippen LogP contribution in [0.2, 0.25) is 0 Å². The van der Waals surface area contributed by atoms with Crippen molar-refractivity contribution in [3.05, 3.63) is 96.1 Å². The second kappa shape index (κ2) is 7.16. The minimum atomic E-state index is -0.298. The van der Waals surface area contributed by atoms with Gasteiger partial charge in [-0.15, -0.1) is 0 Å². The predicted molar refractivity (Wildman–Crippen MR) is 113 cm³/mol. The van der Waals surface area contributed by atoms with Gasteiger partial charge in [0.1, 0.15) is 0 Å². The van der Waals surface area contributed by atoms with Gasteiger partial charge < -0.3 is 4.90 Å². The van der Waals surface area contributed by atoms with Gasteiger partial charge in [-0.25, -0.2) is 4.90 Å². The fourth-order valence-corrected chi connectivity index (χ4v) is 3.41. The van der Waals surface area contributed by atoms with Crippen LogP contribution in [0, 0.1) is 0 Å². The van der Waals surface area contributed by atoms with Crippen molar-refractivity contribution >= 4 is 34.3 Å². The largest absolute Gasteiger partial charge is 0.378 e. The van der Waals surface area contributed by atoms with E-state index in [-0.39, 0.29) is 11.8 Å². The molecule has 0 saturated heterocycles. The van der Waals surface area contributed by atoms with Crippen molar-refractivity contribution < 1.29 is 9.59 Å². The fourth-order valence-electron chi connectivity index (χ4n) is 3.41. The van der Waals surface area contributed by atoms with E-state index in [9.17, 15) is 9.59 Å². The zero-order valence-electron chi connectivity index (χ0n) is 15.8. The number of anilines is 2. The summed E-state index contributed by atoms with van der Waals surface area (Å²) in [5.74, 6) is -0.597. The minimum absolute atomic E-state index is 0.298. The molecule has 4 heteroatoms. The molecular formula is C24H20N2O2. The Bertz CT molecular complexity index is 991. The lowest BCUT2D eigenvalue weighted by Gasteiger charge is -2.18. The van der Waals surface area contributed by atoms with Gasteiger partial charge in [-0.3, -0.25) is 9.59 Å². The maximum atomic E-state index is 13.4. The molecule has 0 radical (unpaired) electrons. The highest BCUT2D eigenvalue weighted by molar-refractivity contribution is 6.57. The molecule has 0 saturated carbocycles. The first kappa shape index (κ1) is 17.7. The first-order valence-electron chi connectivity index (χ1n) is 9.09. The third-order valence-electron chi connectivity index (χ3n) is 4.83. The first-order chi connectivity index (χ1) is 13.6. The molecule has 3 aromatic rings. The van der Waals surface area contributed by atoms with E-state index in [0.717, 1.165) is 16.8 Å². The van der Waals surface area contributed by atoms with Crippen molar-refractivity contribution in [2.75, 3.05) is 23.9 Å². The number of rotatable bonds is 4. The monoisotopic (exact) mass is 368 g/mol. The quantitative estimate of drug-likeness (QED) is 0.647. The summed E-state index contributed by atoms with van der Waals surface area (Å²) in [5.41, 5.74) is 3.93. The summed E-state index contributed by atoms with van der Waals surface area (Å²) >= 11 is 0. The van der Waals surface area contributed by atoms with Gasteiger partial charge in [-0.2, -0.15) is 0 Å². The molecule has 0 aromatic heterocycles. The Morgan fingerprint density at radius 3 is 1.43 bits per heavy atom. The Hall–Kier alpha value is -3.66. The number of carbonyl (C=O) groups excluding carboxylic acids is 2. The Kier molecular flexibility index (Phi) is 4.53. The van der Waals surface area contributed by atoms with E-state index in [0.29, 0.717) is 16.8 Å². The summed E-state index contributed by atoms with van der Waals surface area (Å²) in [6.07, 6.45) is 0. The van der Waals surface area contributed by atoms with Crippen molar-refractivity contribution in [3.63, 3.8) is 0 Å². The molecular weight excluding hydrogens is 348 g/mol. The summed E-state index contributed by atoms with van der Waals surface area (Å²) in [4.78, 5) is 30.0. The number of benzene rings is 3. The van der Waals surface area contributed by atoms with E-state index in [1.807, 2.05) is 104 Å². The first-order valence-corrected chi connectivity index (χ1v) is 9.09. The van der Waals surface area contributed by atoms with Crippen molar-refractivity contribution in [1.82, 2.24) is 0 Å². The molecule has 1 aliphatic rings. The topological polar surface area (TPSA) is 40.6 Å². The number of hydrogen-bond donors (Lipinski definition) is 0. The smallest absolute Gasteiger partial charge is 0.266 e. The second-order valence-corrected chi connectivity index (χ2v) is 6.84. The minimum Gasteiger partial charge on any atom is -0.378 e. The predicted octanol–water partition coefficient (Wildman–Crippen LogP) is 4.24. The standard InChI is InChI=1S/C24H20N2O2/c1-25(2)19-13-15-20(16-14-19)26-23(27)21(17-9-5-3-6-10-17)22(24(26)28)18-11-7-4-8-12-18/h3-16H,1-2H3. The molecule has 0 fully saturated rings. The average molecular weight is 368 g/mol. The van der Waals surface area contributed by atoms with E-state index < -0.39 is 0 Å². The molecule has 4 rings (SSSR count). The third kappa shape index (κ3) is 2.99. The van der Waals surface area contributed by atoms with Gasteiger partial charge in [0.2, 0.25) is 0 Å². The van der Waals surface area contributed by atoms with Gasteiger partial charge in [-0.05, 0) is 35.4 Å². The number of imide groups is 1. The highest BCUT2D eigenvalue weighted by Gasteiger charge is 2.40. The lowest BCUT2D eigenvalue weighted by atomic mass is 9.96. The maximum Gasteiger partial charge on any atom is 0.266 e. The van der Waals surface area contributed by atoms with Gasteiger partial charge in [0.25, 0.3) is 11.8 Å². The van der Waals surface area contributed by atoms with Crippen molar-refractivity contribution in [3.8, 4) is 0 Å². The SMILES string of the molecule is CN(C)c1ccc(N2C(=O)C(c3ccccc3)=C(c3ccccc3)C2=O)cc1. The normalized spacial score (nSPS) is 14.0. The van der Waals surface area contributed by atoms with Crippen LogP contribution in [0.5, 0.6) is 0 Å². The molecule has 0 unspecified atom stereocenters. The zero-order valence-corrected chi connectivity index (χ0v) is 15.8. The van der Waals surface area contributed by atoms with E-state index in [1.54, 1.807) is 0 Å². The van der Waals surface area contributed by atoms with Crippen LogP contribution in [0.3, 0.4) is 0 Å². The number of hydrogen-bond acceptors (Lipinski definition) is 3. The van der Waals surface area contributed by atoms with Crippen LogP contribution in [-0.2, 0) is 9.59 Å². The molecule has 0 bridgehead atoms. The van der Waals surface area contributed by atoms with E-state index >= 15 is 0 Å². The molecule has 28 heavy (non-hydrogen) atoms. The van der Waals surface area contributed by atoms with E-state index in [4.69, 9.17) is 0 Å². The third-order valence-corrected chi connectivity index (χ3v) is 4.83. The molecule has 2 amide bonds. The van der Waals surface area contributed by atoms with Crippen molar-refractivity contribution in [2.45, 2.75) is 0 Å². The summed E-state index contributed by atoms with van der Waals surface area (Å²) in [6.45, 7) is 0. The average Bonchev–Trinajstić information content (AvgIpc) is 2.99. The Morgan fingerprint density at radius 2 is 1.04 bits per heavy atom. The van der Waals surface area contributed by atoms with Crippen molar-refractivity contribution in [2.24, 2.45) is 0 Å². The zero-order chi connectivity index (χ0) is 19.7. The van der Waals surface area contributed by atoms with Gasteiger partial charge in [0, 0.05) is 19.8 Å². The van der Waals surface area contributed by atoms with Crippen LogP contribution in [0.4, 0.5) is 11.4 Å². The Labute approximate surface area is 164 Å². The van der Waals surface area contributed by atoms with Crippen LogP contribution in [0.15, 0.2) is 84.9 Å². The summed E-state index contributed by atoms with van der Waals surface area (Å²) < 4.78 is 0. The molecule has 0 N–H and O–H groups in total. The highest BCUT2D eigenvalue weighted by Crippen LogP contribution is 2.38. The van der Waals surface area contributed by atoms with Gasteiger partial charge >= 0.3 is 0 Å². The Morgan fingerprint density at radius 1 is 0.607 bits per heavy atom. The van der Waals surface area contributed by atoms with Crippen LogP contribution in [0.1, 0.15) is 11.1 Å². The number of nitrogens with zero attached hydrogens (tertiary/aromatic N) is 2. The molecule has 1 aliphatic heterocycles. The molecule has 0 aliphatic carbocycles. The maximum absolute atomic E-state index is 13.4. The molecule has 138 valence electrons. The molecule has 4 nitrogen and oxygen atoms in total. The van der Waals surface area contributed by atoms with Crippen LogP contribution < -0.4 is 9.80 Å². The van der Waals surface area contributed by atoms with Crippen LogP contribution >= 0.6 is 0 Å². The van der Waals surface area contributed by atoms with E-state index in [1.165, 1.54) is 4.90 Å². The highest BCUT2D eigenvalue weighted by atomic mass is 16.2. The van der Waals surface area contributed by atoms with Gasteiger partial charge in [0.05, 0.1) is 16.8 Å². The van der Waals surface area contributed by atoms with E-state index in [2.05, 4.69) is 0 Å². The molecule has 0 atom stereocenters. The lowest BCUT2D eigenvalue weighted by Crippen LogP contribution is -2.31. The fraction of sp³-hybridized carbons (Fsp3) is 0.0833.